The number of benzene rings is 3. The van der Waals surface area contributed by atoms with Crippen LogP contribution >= 0.6 is 0 Å². The van der Waals surface area contributed by atoms with Gasteiger partial charge in [-0.2, -0.15) is 0 Å². The van der Waals surface area contributed by atoms with Crippen LogP contribution in [0.3, 0.4) is 0 Å². The zero-order valence-electron chi connectivity index (χ0n) is 24.9. The molecule has 218 valence electrons. The van der Waals surface area contributed by atoms with Crippen LogP contribution in [0, 0.1) is 5.92 Å². The molecule has 0 saturated carbocycles. The number of fused-ring (bicyclic) bond motifs is 1. The van der Waals surface area contributed by atoms with Crippen molar-refractivity contribution in [3.63, 3.8) is 0 Å². The van der Waals surface area contributed by atoms with Gasteiger partial charge in [0.2, 0.25) is 0 Å². The Hall–Kier alpha value is -3.94. The number of rotatable bonds is 12. The predicted octanol–water partition coefficient (Wildman–Crippen LogP) is 6.46. The molecule has 7 nitrogen and oxygen atoms in total. The minimum atomic E-state index is 0.731. The van der Waals surface area contributed by atoms with Gasteiger partial charge in [0.1, 0.15) is 5.75 Å². The molecule has 5 aromatic rings. The SMILES string of the molecule is CN(Cc1cn(-c2ccccc2)nn1)Cc1cc2cc(OCCCC3CCN(Cc4ccccc4)CC3)ccc2n1C. The first kappa shape index (κ1) is 28.2. The Morgan fingerprint density at radius 1 is 0.905 bits per heavy atom. The topological polar surface area (TPSA) is 51.4 Å². The van der Waals surface area contributed by atoms with E-state index < -0.39 is 0 Å². The Morgan fingerprint density at radius 2 is 1.67 bits per heavy atom. The number of para-hydroxylation sites is 1. The number of hydrogen-bond acceptors (Lipinski definition) is 5. The maximum Gasteiger partial charge on any atom is 0.120 e. The monoisotopic (exact) mass is 562 g/mol. The van der Waals surface area contributed by atoms with Crippen LogP contribution in [0.1, 0.15) is 42.6 Å². The van der Waals surface area contributed by atoms with E-state index in [0.29, 0.717) is 0 Å². The van der Waals surface area contributed by atoms with E-state index >= 15 is 0 Å². The highest BCUT2D eigenvalue weighted by Gasteiger charge is 2.19. The Bertz CT molecular complexity index is 1550. The molecule has 1 saturated heterocycles. The van der Waals surface area contributed by atoms with E-state index in [9.17, 15) is 0 Å². The van der Waals surface area contributed by atoms with Crippen LogP contribution in [-0.4, -0.2) is 56.1 Å². The van der Waals surface area contributed by atoms with Crippen molar-refractivity contribution in [2.75, 3.05) is 26.7 Å². The quantitative estimate of drug-likeness (QED) is 0.163. The van der Waals surface area contributed by atoms with Gasteiger partial charge >= 0.3 is 0 Å². The van der Waals surface area contributed by atoms with Crippen LogP contribution in [0.4, 0.5) is 0 Å². The summed E-state index contributed by atoms with van der Waals surface area (Å²) < 4.78 is 10.3. The van der Waals surface area contributed by atoms with Crippen molar-refractivity contribution in [2.45, 2.75) is 45.3 Å². The lowest BCUT2D eigenvalue weighted by Gasteiger charge is -2.32. The zero-order valence-corrected chi connectivity index (χ0v) is 24.9. The van der Waals surface area contributed by atoms with Crippen LogP contribution in [0.5, 0.6) is 5.75 Å². The molecule has 0 N–H and O–H groups in total. The fourth-order valence-corrected chi connectivity index (χ4v) is 6.15. The second-order valence-electron chi connectivity index (χ2n) is 11.8. The first-order valence-electron chi connectivity index (χ1n) is 15.2. The van der Waals surface area contributed by atoms with Crippen molar-refractivity contribution in [1.82, 2.24) is 29.4 Å². The molecule has 3 heterocycles. The summed E-state index contributed by atoms with van der Waals surface area (Å²) in [7, 11) is 4.27. The maximum absolute atomic E-state index is 6.21. The Labute approximate surface area is 249 Å². The minimum Gasteiger partial charge on any atom is -0.494 e. The van der Waals surface area contributed by atoms with E-state index in [-0.39, 0.29) is 0 Å². The van der Waals surface area contributed by atoms with Gasteiger partial charge in [-0.3, -0.25) is 9.80 Å². The molecular formula is C35H42N6O. The third kappa shape index (κ3) is 7.09. The lowest BCUT2D eigenvalue weighted by molar-refractivity contribution is 0.166. The number of piperidine rings is 1. The average Bonchev–Trinajstić information content (AvgIpc) is 3.61. The molecule has 7 heteroatoms. The van der Waals surface area contributed by atoms with E-state index in [1.165, 1.54) is 54.5 Å². The van der Waals surface area contributed by atoms with Crippen LogP contribution in [0.25, 0.3) is 16.6 Å². The maximum atomic E-state index is 6.21. The summed E-state index contributed by atoms with van der Waals surface area (Å²) >= 11 is 0. The first-order valence-corrected chi connectivity index (χ1v) is 15.2. The fourth-order valence-electron chi connectivity index (χ4n) is 6.15. The van der Waals surface area contributed by atoms with Gasteiger partial charge in [-0.1, -0.05) is 53.7 Å². The molecule has 3 aromatic carbocycles. The van der Waals surface area contributed by atoms with Gasteiger partial charge in [0, 0.05) is 43.3 Å². The number of ether oxygens (including phenoxy) is 1. The number of aromatic nitrogens is 4. The predicted molar refractivity (Wildman–Crippen MR) is 169 cm³/mol. The molecule has 0 unspecified atom stereocenters. The Morgan fingerprint density at radius 3 is 2.45 bits per heavy atom. The van der Waals surface area contributed by atoms with Gasteiger partial charge in [-0.25, -0.2) is 4.68 Å². The lowest BCUT2D eigenvalue weighted by atomic mass is 9.92. The van der Waals surface area contributed by atoms with Crippen molar-refractivity contribution in [1.29, 1.82) is 0 Å². The van der Waals surface area contributed by atoms with Gasteiger partial charge in [0.25, 0.3) is 0 Å². The Kier molecular flexibility index (Phi) is 8.97. The third-order valence-electron chi connectivity index (χ3n) is 8.52. The number of likely N-dealkylation sites (tertiary alicyclic amines) is 1. The molecule has 42 heavy (non-hydrogen) atoms. The number of nitrogens with zero attached hydrogens (tertiary/aromatic N) is 6. The van der Waals surface area contributed by atoms with Crippen LogP contribution in [0.2, 0.25) is 0 Å². The van der Waals surface area contributed by atoms with Crippen molar-refractivity contribution >= 4 is 10.9 Å². The summed E-state index contributed by atoms with van der Waals surface area (Å²) in [6, 6.07) is 29.7. The highest BCUT2D eigenvalue weighted by Crippen LogP contribution is 2.26. The largest absolute Gasteiger partial charge is 0.494 e. The number of aryl methyl sites for hydroxylation is 1. The summed E-state index contributed by atoms with van der Waals surface area (Å²) in [5, 5.41) is 9.90. The average molecular weight is 563 g/mol. The molecule has 0 aliphatic carbocycles. The molecule has 0 atom stereocenters. The molecule has 0 bridgehead atoms. The second-order valence-corrected chi connectivity index (χ2v) is 11.8. The smallest absolute Gasteiger partial charge is 0.120 e. The van der Waals surface area contributed by atoms with Crippen molar-refractivity contribution in [3.8, 4) is 11.4 Å². The molecule has 0 spiro atoms. The molecular weight excluding hydrogens is 520 g/mol. The highest BCUT2D eigenvalue weighted by atomic mass is 16.5. The van der Waals surface area contributed by atoms with Gasteiger partial charge in [-0.15, -0.1) is 5.10 Å². The third-order valence-corrected chi connectivity index (χ3v) is 8.52. The van der Waals surface area contributed by atoms with Gasteiger partial charge in [-0.05, 0) is 93.7 Å². The molecule has 0 amide bonds. The zero-order chi connectivity index (χ0) is 28.7. The van der Waals surface area contributed by atoms with E-state index in [4.69, 9.17) is 4.74 Å². The molecule has 0 radical (unpaired) electrons. The van der Waals surface area contributed by atoms with Crippen LogP contribution in [-0.2, 0) is 26.7 Å². The fraction of sp³-hybridized carbons (Fsp3) is 0.371. The van der Waals surface area contributed by atoms with E-state index in [0.717, 1.165) is 55.7 Å². The molecule has 2 aromatic heterocycles. The second kappa shape index (κ2) is 13.4. The first-order chi connectivity index (χ1) is 20.6. The molecule has 1 fully saturated rings. The van der Waals surface area contributed by atoms with Crippen molar-refractivity contribution in [3.05, 3.63) is 108 Å². The van der Waals surface area contributed by atoms with E-state index in [1.54, 1.807) is 0 Å². The summed E-state index contributed by atoms with van der Waals surface area (Å²) in [5.74, 6) is 1.78. The van der Waals surface area contributed by atoms with Crippen molar-refractivity contribution in [2.24, 2.45) is 13.0 Å². The summed E-state index contributed by atoms with van der Waals surface area (Å²) in [5.41, 5.74) is 5.88. The molecule has 1 aliphatic heterocycles. The lowest BCUT2D eigenvalue weighted by Crippen LogP contribution is -2.33. The van der Waals surface area contributed by atoms with Gasteiger partial charge in [0.15, 0.2) is 0 Å². The van der Waals surface area contributed by atoms with Crippen molar-refractivity contribution < 1.29 is 4.74 Å². The summed E-state index contributed by atoms with van der Waals surface area (Å²) in [6.07, 6.45) is 6.96. The van der Waals surface area contributed by atoms with E-state index in [1.807, 2.05) is 41.2 Å². The minimum absolute atomic E-state index is 0.731. The van der Waals surface area contributed by atoms with Gasteiger partial charge in [0.05, 0.1) is 24.2 Å². The number of hydrogen-bond donors (Lipinski definition) is 0. The highest BCUT2D eigenvalue weighted by molar-refractivity contribution is 5.82. The normalized spacial score (nSPS) is 14.6. The Balaban J connectivity index is 0.955. The van der Waals surface area contributed by atoms with Crippen LogP contribution < -0.4 is 4.74 Å². The van der Waals surface area contributed by atoms with Gasteiger partial charge < -0.3 is 9.30 Å². The van der Waals surface area contributed by atoms with Crippen LogP contribution in [0.15, 0.2) is 91.1 Å². The standard InChI is InChI=1S/C35H42N6O/c1-38(25-31-26-41(37-36-31)32-13-7-4-8-14-32)27-33-22-30-23-34(15-16-35(30)39(33)2)42-21-9-12-28-17-19-40(20-18-28)24-29-10-5-3-6-11-29/h3-8,10-11,13-16,22-23,26,28H,9,12,17-21,24-25,27H2,1-2H3. The summed E-state index contributed by atoms with van der Waals surface area (Å²) in [4.78, 5) is 4.87. The molecule has 6 rings (SSSR count). The molecule has 1 aliphatic rings. The summed E-state index contributed by atoms with van der Waals surface area (Å²) in [6.45, 7) is 5.82. The van der Waals surface area contributed by atoms with E-state index in [2.05, 4.69) is 93.4 Å².